The summed E-state index contributed by atoms with van der Waals surface area (Å²) < 4.78 is 7.78. The number of hydrogen-bond donors (Lipinski definition) is 1. The Hall–Kier alpha value is -1.79. The molecule has 1 aliphatic heterocycles. The number of tetrazole rings is 1. The van der Waals surface area contributed by atoms with E-state index in [2.05, 4.69) is 60.8 Å². The quantitative estimate of drug-likeness (QED) is 0.916. The number of rotatable bonds is 3. The maximum absolute atomic E-state index is 5.89. The molecule has 6 nitrogen and oxygen atoms in total. The van der Waals surface area contributed by atoms with Crippen molar-refractivity contribution >= 4 is 0 Å². The van der Waals surface area contributed by atoms with Crippen molar-refractivity contribution in [1.82, 2.24) is 20.2 Å². The van der Waals surface area contributed by atoms with E-state index in [9.17, 15) is 0 Å². The van der Waals surface area contributed by atoms with E-state index in [1.165, 1.54) is 0 Å². The highest BCUT2D eigenvalue weighted by Crippen LogP contribution is 2.36. The fraction of sp³-hybridized carbons (Fsp3) is 0.562. The van der Waals surface area contributed by atoms with E-state index in [0.717, 1.165) is 36.5 Å². The summed E-state index contributed by atoms with van der Waals surface area (Å²) in [4.78, 5) is 0. The third kappa shape index (κ3) is 2.53. The smallest absolute Gasteiger partial charge is 0.217 e. The van der Waals surface area contributed by atoms with Gasteiger partial charge in [-0.05, 0) is 42.8 Å². The van der Waals surface area contributed by atoms with Crippen LogP contribution in [0.5, 0.6) is 0 Å². The van der Waals surface area contributed by atoms with E-state index in [-0.39, 0.29) is 11.1 Å². The number of aryl methyl sites for hydroxylation is 1. The van der Waals surface area contributed by atoms with Crippen molar-refractivity contribution in [3.63, 3.8) is 0 Å². The van der Waals surface area contributed by atoms with Gasteiger partial charge in [-0.25, -0.2) is 0 Å². The van der Waals surface area contributed by atoms with Crippen LogP contribution >= 0.6 is 0 Å². The second-order valence-electron chi connectivity index (χ2n) is 6.68. The first-order chi connectivity index (χ1) is 10.5. The molecule has 0 aliphatic carbocycles. The van der Waals surface area contributed by atoms with Gasteiger partial charge < -0.3 is 10.1 Å². The number of benzene rings is 1. The minimum Gasteiger partial charge on any atom is -0.375 e. The number of quaternary nitrogens is 1. The van der Waals surface area contributed by atoms with Crippen LogP contribution in [0, 0.1) is 6.92 Å². The molecule has 6 heteroatoms. The minimum absolute atomic E-state index is 0.159. The van der Waals surface area contributed by atoms with E-state index >= 15 is 0 Å². The van der Waals surface area contributed by atoms with E-state index in [1.807, 2.05) is 16.8 Å². The Morgan fingerprint density at radius 3 is 2.73 bits per heavy atom. The van der Waals surface area contributed by atoms with Crippen LogP contribution in [0.1, 0.15) is 38.1 Å². The number of hydrogen-bond acceptors (Lipinski definition) is 4. The molecule has 118 valence electrons. The zero-order valence-corrected chi connectivity index (χ0v) is 13.7. The maximum Gasteiger partial charge on any atom is 0.217 e. The van der Waals surface area contributed by atoms with Gasteiger partial charge in [0.1, 0.15) is 0 Å². The van der Waals surface area contributed by atoms with Crippen LogP contribution in [0.4, 0.5) is 0 Å². The van der Waals surface area contributed by atoms with Crippen molar-refractivity contribution in [1.29, 1.82) is 0 Å². The van der Waals surface area contributed by atoms with Crippen molar-refractivity contribution in [2.24, 2.45) is 0 Å². The van der Waals surface area contributed by atoms with Crippen molar-refractivity contribution in [2.75, 3.05) is 13.7 Å². The molecule has 3 rings (SSSR count). The monoisotopic (exact) mass is 302 g/mol. The van der Waals surface area contributed by atoms with Gasteiger partial charge in [0, 0.05) is 12.8 Å². The number of aromatic nitrogens is 4. The van der Waals surface area contributed by atoms with E-state index in [4.69, 9.17) is 4.74 Å². The number of nitrogens with zero attached hydrogens (tertiary/aromatic N) is 4. The molecule has 1 aliphatic rings. The van der Waals surface area contributed by atoms with Crippen molar-refractivity contribution in [2.45, 2.75) is 44.8 Å². The summed E-state index contributed by atoms with van der Waals surface area (Å²) in [7, 11) is 2.10. The van der Waals surface area contributed by atoms with Crippen molar-refractivity contribution in [3.8, 4) is 5.69 Å². The van der Waals surface area contributed by atoms with Crippen molar-refractivity contribution in [3.05, 3.63) is 35.7 Å². The van der Waals surface area contributed by atoms with Crippen LogP contribution in [-0.4, -0.2) is 39.5 Å². The second kappa shape index (κ2) is 5.44. The van der Waals surface area contributed by atoms with Gasteiger partial charge in [-0.15, -0.1) is 5.10 Å². The topological polar surface area (TPSA) is 69.4 Å². The van der Waals surface area contributed by atoms with Crippen LogP contribution in [-0.2, 0) is 10.3 Å². The first kappa shape index (κ1) is 15.1. The van der Waals surface area contributed by atoms with Crippen LogP contribution < -0.4 is 5.32 Å². The van der Waals surface area contributed by atoms with Gasteiger partial charge in [0.2, 0.25) is 5.82 Å². The van der Waals surface area contributed by atoms with Crippen LogP contribution in [0.15, 0.2) is 24.3 Å². The van der Waals surface area contributed by atoms with E-state index < -0.39 is 0 Å². The molecule has 0 spiro atoms. The van der Waals surface area contributed by atoms with Gasteiger partial charge in [-0.1, -0.05) is 18.2 Å². The Kier molecular flexibility index (Phi) is 3.74. The average Bonchev–Trinajstić information content (AvgIpc) is 2.96. The van der Waals surface area contributed by atoms with Crippen molar-refractivity contribution < 1.29 is 10.1 Å². The van der Waals surface area contributed by atoms with Gasteiger partial charge in [-0.3, -0.25) is 0 Å². The summed E-state index contributed by atoms with van der Waals surface area (Å²) >= 11 is 0. The molecule has 22 heavy (non-hydrogen) atoms. The SMILES string of the molecule is C[NH2+][C@@]1(c2nnnn2-c2ccccc2C)CCOC(C)(C)C1. The standard InChI is InChI=1S/C16H23N5O/c1-12-7-5-6-8-13(12)21-14(18-19-20-21)16(17-4)9-10-22-15(2,3)11-16/h5-8,17H,9-11H2,1-4H3/p+1/t16-/m0/s1. The van der Waals surface area contributed by atoms with E-state index in [1.54, 1.807) is 0 Å². The summed E-state index contributed by atoms with van der Waals surface area (Å²) in [5, 5.41) is 14.8. The summed E-state index contributed by atoms with van der Waals surface area (Å²) in [6.45, 7) is 7.06. The largest absolute Gasteiger partial charge is 0.375 e. The molecule has 1 saturated heterocycles. The van der Waals surface area contributed by atoms with E-state index in [0.29, 0.717) is 0 Å². The second-order valence-corrected chi connectivity index (χ2v) is 6.68. The first-order valence-corrected chi connectivity index (χ1v) is 7.77. The van der Waals surface area contributed by atoms with Gasteiger partial charge in [0.15, 0.2) is 5.54 Å². The number of ether oxygens (including phenoxy) is 1. The molecule has 0 saturated carbocycles. The summed E-state index contributed by atoms with van der Waals surface area (Å²) in [5.41, 5.74) is 1.86. The van der Waals surface area contributed by atoms with Crippen LogP contribution in [0.2, 0.25) is 0 Å². The van der Waals surface area contributed by atoms with Gasteiger partial charge in [0.05, 0.1) is 24.9 Å². The van der Waals surface area contributed by atoms with Crippen LogP contribution in [0.3, 0.4) is 0 Å². The van der Waals surface area contributed by atoms with Gasteiger partial charge >= 0.3 is 0 Å². The summed E-state index contributed by atoms with van der Waals surface area (Å²) in [5.74, 6) is 0.903. The molecule has 0 radical (unpaired) electrons. The molecule has 1 atom stereocenters. The predicted octanol–water partition coefficient (Wildman–Crippen LogP) is 0.948. The number of para-hydroxylation sites is 1. The summed E-state index contributed by atoms with van der Waals surface area (Å²) in [6, 6.07) is 8.19. The average molecular weight is 302 g/mol. The minimum atomic E-state index is -0.173. The lowest BCUT2D eigenvalue weighted by Gasteiger charge is -2.41. The molecule has 0 amide bonds. The van der Waals surface area contributed by atoms with Gasteiger partial charge in [0.25, 0.3) is 0 Å². The number of nitrogens with two attached hydrogens (primary N) is 1. The Morgan fingerprint density at radius 2 is 2.05 bits per heavy atom. The highest BCUT2D eigenvalue weighted by Gasteiger charge is 2.48. The third-order valence-corrected chi connectivity index (χ3v) is 4.59. The fourth-order valence-electron chi connectivity index (χ4n) is 3.44. The Morgan fingerprint density at radius 1 is 1.27 bits per heavy atom. The normalized spacial score (nSPS) is 24.4. The highest BCUT2D eigenvalue weighted by molar-refractivity contribution is 5.40. The molecule has 2 heterocycles. The molecular formula is C16H24N5O+. The molecular weight excluding hydrogens is 278 g/mol. The molecule has 2 aromatic rings. The molecule has 1 aromatic carbocycles. The lowest BCUT2D eigenvalue weighted by molar-refractivity contribution is -0.722. The molecule has 1 fully saturated rings. The highest BCUT2D eigenvalue weighted by atomic mass is 16.5. The zero-order valence-electron chi connectivity index (χ0n) is 13.7. The Labute approximate surface area is 130 Å². The third-order valence-electron chi connectivity index (χ3n) is 4.59. The molecule has 2 N–H and O–H groups in total. The maximum atomic E-state index is 5.89. The fourth-order valence-corrected chi connectivity index (χ4v) is 3.44. The summed E-state index contributed by atoms with van der Waals surface area (Å²) in [6.07, 6.45) is 1.78. The predicted molar refractivity (Wildman–Crippen MR) is 82.7 cm³/mol. The molecule has 0 unspecified atom stereocenters. The lowest BCUT2D eigenvalue weighted by atomic mass is 9.80. The molecule has 0 bridgehead atoms. The first-order valence-electron chi connectivity index (χ1n) is 7.77. The lowest BCUT2D eigenvalue weighted by Crippen LogP contribution is -2.93. The Balaban J connectivity index is 2.09. The van der Waals surface area contributed by atoms with Gasteiger partial charge in [-0.2, -0.15) is 4.68 Å². The zero-order chi connectivity index (χ0) is 15.8. The van der Waals surface area contributed by atoms with Crippen LogP contribution in [0.25, 0.3) is 5.69 Å². The Bertz CT molecular complexity index is 666. The molecule has 1 aromatic heterocycles.